The Bertz CT molecular complexity index is 1310. The number of amides is 2. The monoisotopic (exact) mass is 473 g/mol. The van der Waals surface area contributed by atoms with Crippen LogP contribution in [-0.2, 0) is 22.5 Å². The maximum Gasteiger partial charge on any atom is 0.414 e. The molecule has 1 atom stereocenters. The number of ether oxygens (including phenoxy) is 1. The highest BCUT2D eigenvalue weighted by Crippen LogP contribution is 2.32. The van der Waals surface area contributed by atoms with E-state index in [9.17, 15) is 9.59 Å². The molecule has 0 spiro atoms. The second-order valence-corrected chi connectivity index (χ2v) is 8.52. The summed E-state index contributed by atoms with van der Waals surface area (Å²) in [5.41, 5.74) is 4.57. The van der Waals surface area contributed by atoms with Crippen LogP contribution in [-0.4, -0.2) is 42.0 Å². The van der Waals surface area contributed by atoms with Crippen molar-refractivity contribution in [3.8, 4) is 11.1 Å². The van der Waals surface area contributed by atoms with Crippen molar-refractivity contribution in [2.75, 3.05) is 23.3 Å². The summed E-state index contributed by atoms with van der Waals surface area (Å²) >= 11 is 0. The number of anilines is 2. The molecule has 8 nitrogen and oxygen atoms in total. The summed E-state index contributed by atoms with van der Waals surface area (Å²) in [4.78, 5) is 33.5. The first-order valence-electron chi connectivity index (χ1n) is 11.3. The Balaban J connectivity index is 1.29. The van der Waals surface area contributed by atoms with E-state index in [0.717, 1.165) is 28.2 Å². The van der Waals surface area contributed by atoms with Crippen LogP contribution in [0.1, 0.15) is 18.1 Å². The molecule has 1 saturated heterocycles. The van der Waals surface area contributed by atoms with Crippen LogP contribution >= 0.6 is 0 Å². The molecule has 1 unspecified atom stereocenters. The Kier molecular flexibility index (Phi) is 6.13. The van der Waals surface area contributed by atoms with Crippen molar-refractivity contribution in [2.24, 2.45) is 4.99 Å². The molecule has 0 aliphatic carbocycles. The van der Waals surface area contributed by atoms with E-state index in [4.69, 9.17) is 4.74 Å². The number of benzene rings is 2. The first-order chi connectivity index (χ1) is 17.0. The number of hydrogen-bond donors (Lipinski definition) is 2. The van der Waals surface area contributed by atoms with Gasteiger partial charge in [-0.05, 0) is 53.1 Å². The smallest absolute Gasteiger partial charge is 0.414 e. The minimum atomic E-state index is -0.563. The standard InChI is InChI=1S/C26H24FN5O3/c1-16(33)29-14-21-15-32(26(34)35-21)20-5-6-22(23(27)11-20)18-4-7-24-19(10-18)13-30-25(31-24)9-17-3-2-8-28-12-17/h2-8,10-12,21H,9,13-15H2,1H3,(H,29,33)(H,30,31). The Labute approximate surface area is 201 Å². The van der Waals surface area contributed by atoms with Crippen molar-refractivity contribution in [2.45, 2.75) is 26.0 Å². The van der Waals surface area contributed by atoms with Crippen molar-refractivity contribution < 1.29 is 18.7 Å². The molecule has 178 valence electrons. The van der Waals surface area contributed by atoms with Crippen LogP contribution < -0.4 is 15.5 Å². The minimum Gasteiger partial charge on any atom is -0.442 e. The Hall–Kier alpha value is -4.27. The highest BCUT2D eigenvalue weighted by molar-refractivity contribution is 5.99. The largest absolute Gasteiger partial charge is 0.442 e. The van der Waals surface area contributed by atoms with Gasteiger partial charge in [-0.3, -0.25) is 19.7 Å². The van der Waals surface area contributed by atoms with Crippen molar-refractivity contribution in [3.63, 3.8) is 0 Å². The number of aromatic nitrogens is 1. The van der Waals surface area contributed by atoms with Gasteiger partial charge in [0.2, 0.25) is 5.91 Å². The number of halogens is 1. The Morgan fingerprint density at radius 2 is 2.14 bits per heavy atom. The molecule has 3 heterocycles. The molecule has 2 aliphatic rings. The van der Waals surface area contributed by atoms with Crippen LogP contribution in [0, 0.1) is 5.82 Å². The number of nitrogens with one attached hydrogen (secondary N) is 2. The zero-order chi connectivity index (χ0) is 24.4. The summed E-state index contributed by atoms with van der Waals surface area (Å²) in [7, 11) is 0. The zero-order valence-electron chi connectivity index (χ0n) is 19.1. The lowest BCUT2D eigenvalue weighted by molar-refractivity contribution is -0.119. The molecular weight excluding hydrogens is 449 g/mol. The van der Waals surface area contributed by atoms with Crippen molar-refractivity contribution in [1.82, 2.24) is 10.3 Å². The Morgan fingerprint density at radius 1 is 1.26 bits per heavy atom. The predicted molar refractivity (Wildman–Crippen MR) is 131 cm³/mol. The van der Waals surface area contributed by atoms with Gasteiger partial charge < -0.3 is 15.4 Å². The van der Waals surface area contributed by atoms with E-state index in [-0.39, 0.29) is 19.0 Å². The first kappa shape index (κ1) is 22.5. The molecular formula is C26H24FN5O3. The minimum absolute atomic E-state index is 0.203. The SMILES string of the molecule is CC(=O)NCC1CN(c2ccc(-c3ccc4c(c3)CN=C(Cc3cccnc3)N4)c(F)c2)C(=O)O1. The lowest BCUT2D eigenvalue weighted by Crippen LogP contribution is -2.33. The quantitative estimate of drug-likeness (QED) is 0.566. The van der Waals surface area contributed by atoms with Crippen LogP contribution in [0.15, 0.2) is 65.9 Å². The van der Waals surface area contributed by atoms with Gasteiger partial charge in [-0.15, -0.1) is 0 Å². The normalized spacial score (nSPS) is 16.7. The van der Waals surface area contributed by atoms with Gasteiger partial charge in [-0.25, -0.2) is 9.18 Å². The van der Waals surface area contributed by atoms with Crippen molar-refractivity contribution >= 4 is 29.2 Å². The molecule has 2 amide bonds. The van der Waals surface area contributed by atoms with Crippen LogP contribution in [0.5, 0.6) is 0 Å². The maximum absolute atomic E-state index is 15.1. The highest BCUT2D eigenvalue weighted by atomic mass is 19.1. The third kappa shape index (κ3) is 4.98. The summed E-state index contributed by atoms with van der Waals surface area (Å²) < 4.78 is 20.4. The third-order valence-corrected chi connectivity index (χ3v) is 5.95. The van der Waals surface area contributed by atoms with Gasteiger partial charge in [0.15, 0.2) is 0 Å². The molecule has 0 saturated carbocycles. The number of amidine groups is 1. The summed E-state index contributed by atoms with van der Waals surface area (Å²) in [5.74, 6) is 0.221. The van der Waals surface area contributed by atoms with Gasteiger partial charge in [0.25, 0.3) is 0 Å². The van der Waals surface area contributed by atoms with Gasteiger partial charge in [0, 0.05) is 37.0 Å². The van der Waals surface area contributed by atoms with E-state index in [0.29, 0.717) is 24.2 Å². The number of aliphatic imine (C=N–C) groups is 1. The van der Waals surface area contributed by atoms with Crippen LogP contribution in [0.3, 0.4) is 0 Å². The number of nitrogens with zero attached hydrogens (tertiary/aromatic N) is 3. The van der Waals surface area contributed by atoms with E-state index in [1.807, 2.05) is 36.5 Å². The Morgan fingerprint density at radius 3 is 2.91 bits per heavy atom. The van der Waals surface area contributed by atoms with Gasteiger partial charge in [-0.1, -0.05) is 12.1 Å². The lowest BCUT2D eigenvalue weighted by Gasteiger charge is -2.20. The lowest BCUT2D eigenvalue weighted by atomic mass is 9.99. The summed E-state index contributed by atoms with van der Waals surface area (Å²) in [6.07, 6.45) is 3.18. The third-order valence-electron chi connectivity index (χ3n) is 5.95. The number of hydrogen-bond acceptors (Lipinski definition) is 6. The van der Waals surface area contributed by atoms with E-state index < -0.39 is 18.0 Å². The van der Waals surface area contributed by atoms with Crippen molar-refractivity contribution in [1.29, 1.82) is 0 Å². The van der Waals surface area contributed by atoms with Crippen LogP contribution in [0.2, 0.25) is 0 Å². The summed E-state index contributed by atoms with van der Waals surface area (Å²) in [6.45, 7) is 2.35. The molecule has 3 aromatic rings. The number of fused-ring (bicyclic) bond motifs is 1. The fourth-order valence-corrected chi connectivity index (χ4v) is 4.19. The number of cyclic esters (lactones) is 1. The molecule has 0 bridgehead atoms. The highest BCUT2D eigenvalue weighted by Gasteiger charge is 2.32. The van der Waals surface area contributed by atoms with Crippen LogP contribution in [0.25, 0.3) is 11.1 Å². The van der Waals surface area contributed by atoms with Gasteiger partial charge in [-0.2, -0.15) is 0 Å². The number of pyridine rings is 1. The topological polar surface area (TPSA) is 95.9 Å². The van der Waals surface area contributed by atoms with E-state index >= 15 is 4.39 Å². The first-order valence-corrected chi connectivity index (χ1v) is 11.3. The van der Waals surface area contributed by atoms with E-state index in [1.54, 1.807) is 18.3 Å². The molecule has 1 aromatic heterocycles. The van der Waals surface area contributed by atoms with E-state index in [1.165, 1.54) is 17.9 Å². The fraction of sp³-hybridized carbons (Fsp3) is 0.231. The molecule has 2 aliphatic heterocycles. The second-order valence-electron chi connectivity index (χ2n) is 8.52. The van der Waals surface area contributed by atoms with Crippen molar-refractivity contribution in [3.05, 3.63) is 77.9 Å². The summed E-state index contributed by atoms with van der Waals surface area (Å²) in [5, 5.41) is 5.98. The molecule has 5 rings (SSSR count). The van der Waals surface area contributed by atoms with Gasteiger partial charge in [0.1, 0.15) is 17.8 Å². The second kappa shape index (κ2) is 9.54. The van der Waals surface area contributed by atoms with Gasteiger partial charge in [0.05, 0.1) is 25.3 Å². The van der Waals surface area contributed by atoms with Crippen LogP contribution in [0.4, 0.5) is 20.6 Å². The average molecular weight is 474 g/mol. The molecule has 1 fully saturated rings. The molecule has 2 N–H and O–H groups in total. The average Bonchev–Trinajstić information content (AvgIpc) is 3.23. The van der Waals surface area contributed by atoms with E-state index in [2.05, 4.69) is 20.6 Å². The maximum atomic E-state index is 15.1. The number of carbonyl (C=O) groups excluding carboxylic acids is 2. The summed E-state index contributed by atoms with van der Waals surface area (Å²) in [6, 6.07) is 14.3. The molecule has 0 radical (unpaired) electrons. The fourth-order valence-electron chi connectivity index (χ4n) is 4.19. The van der Waals surface area contributed by atoms with Gasteiger partial charge >= 0.3 is 6.09 Å². The molecule has 2 aromatic carbocycles. The number of carbonyl (C=O) groups is 2. The zero-order valence-corrected chi connectivity index (χ0v) is 19.1. The predicted octanol–water partition coefficient (Wildman–Crippen LogP) is 3.92. The molecule has 9 heteroatoms. The number of rotatable bonds is 6. The molecule has 35 heavy (non-hydrogen) atoms.